The van der Waals surface area contributed by atoms with Crippen LogP contribution in [0, 0.1) is 0 Å². The summed E-state index contributed by atoms with van der Waals surface area (Å²) in [5, 5.41) is 14.0. The molecule has 0 aliphatic rings. The average Bonchev–Trinajstić information content (AvgIpc) is 2.29. The van der Waals surface area contributed by atoms with Crippen LogP contribution in [0.15, 0.2) is 48.5 Å². The van der Waals surface area contributed by atoms with Crippen LogP contribution >= 0.6 is 0 Å². The number of fused-ring (bicyclic) bond motifs is 2. The fourth-order valence-electron chi connectivity index (χ4n) is 2.22. The van der Waals surface area contributed by atoms with Crippen molar-refractivity contribution in [2.24, 2.45) is 7.05 Å². The number of nitrogens with zero attached hydrogens (tertiary/aromatic N) is 1. The predicted molar refractivity (Wildman–Crippen MR) is 62.1 cm³/mol. The molecule has 0 saturated carbocycles. The molecule has 1 heterocycles. The van der Waals surface area contributed by atoms with E-state index in [1.807, 2.05) is 35.9 Å². The van der Waals surface area contributed by atoms with Crippen LogP contribution in [-0.2, 0) is 7.05 Å². The Morgan fingerprint density at radius 2 is 1.69 bits per heavy atom. The van der Waals surface area contributed by atoms with Crippen LogP contribution < -0.4 is 9.67 Å². The maximum atomic E-state index is 11.8. The monoisotopic (exact) mass is 209 g/mol. The number of aromatic nitrogens is 1. The molecule has 2 heteroatoms. The topological polar surface area (TPSA) is 26.9 Å². The van der Waals surface area contributed by atoms with Crippen molar-refractivity contribution in [3.8, 4) is 5.75 Å². The molecule has 16 heavy (non-hydrogen) atoms. The zero-order chi connectivity index (χ0) is 11.1. The van der Waals surface area contributed by atoms with Crippen LogP contribution in [0.4, 0.5) is 0 Å². The maximum absolute atomic E-state index is 11.8. The molecule has 0 aliphatic carbocycles. The Balaban J connectivity index is 2.62. The summed E-state index contributed by atoms with van der Waals surface area (Å²) in [5.41, 5.74) is 1.85. The van der Waals surface area contributed by atoms with Gasteiger partial charge in [0, 0.05) is 16.8 Å². The Bertz CT molecular complexity index is 689. The van der Waals surface area contributed by atoms with E-state index < -0.39 is 0 Å². The van der Waals surface area contributed by atoms with Crippen molar-refractivity contribution in [2.45, 2.75) is 0 Å². The molecule has 3 aromatic rings. The summed E-state index contributed by atoms with van der Waals surface area (Å²) in [6.45, 7) is 0. The number of benzene rings is 2. The molecule has 3 rings (SSSR count). The maximum Gasteiger partial charge on any atom is 0.212 e. The molecular weight excluding hydrogens is 198 g/mol. The van der Waals surface area contributed by atoms with Crippen molar-refractivity contribution < 1.29 is 9.67 Å². The highest BCUT2D eigenvalue weighted by atomic mass is 16.3. The third kappa shape index (κ3) is 1.16. The molecule has 1 aromatic heterocycles. The highest BCUT2D eigenvalue weighted by molar-refractivity contribution is 5.90. The second kappa shape index (κ2) is 3.20. The minimum Gasteiger partial charge on any atom is -0.868 e. The molecule has 0 N–H and O–H groups in total. The predicted octanol–water partition coefficient (Wildman–Crippen LogP) is 1.89. The Labute approximate surface area is 93.4 Å². The summed E-state index contributed by atoms with van der Waals surface area (Å²) < 4.78 is 1.97. The molecular formula is C14H11NO. The summed E-state index contributed by atoms with van der Waals surface area (Å²) >= 11 is 0. The largest absolute Gasteiger partial charge is 0.868 e. The second-order valence-corrected chi connectivity index (χ2v) is 3.96. The molecule has 0 saturated heterocycles. The van der Waals surface area contributed by atoms with E-state index in [0.29, 0.717) is 0 Å². The first-order chi connectivity index (χ1) is 7.77. The lowest BCUT2D eigenvalue weighted by molar-refractivity contribution is -0.619. The minimum absolute atomic E-state index is 0.0748. The van der Waals surface area contributed by atoms with E-state index >= 15 is 0 Å². The fraction of sp³-hybridized carbons (Fsp3) is 0.0714. The molecule has 0 bridgehead atoms. The third-order valence-electron chi connectivity index (χ3n) is 2.97. The van der Waals surface area contributed by atoms with E-state index in [1.165, 1.54) is 0 Å². The van der Waals surface area contributed by atoms with Crippen LogP contribution in [0.25, 0.3) is 21.8 Å². The molecule has 78 valence electrons. The van der Waals surface area contributed by atoms with Gasteiger partial charge in [-0.1, -0.05) is 24.3 Å². The Morgan fingerprint density at radius 3 is 2.56 bits per heavy atom. The summed E-state index contributed by atoms with van der Waals surface area (Å²) in [7, 11) is 1.94. The van der Waals surface area contributed by atoms with Crippen molar-refractivity contribution in [3.05, 3.63) is 48.5 Å². The van der Waals surface area contributed by atoms with E-state index in [2.05, 4.69) is 12.1 Å². The van der Waals surface area contributed by atoms with Crippen LogP contribution in [0.5, 0.6) is 5.75 Å². The van der Waals surface area contributed by atoms with E-state index in [1.54, 1.807) is 12.1 Å². The van der Waals surface area contributed by atoms with Gasteiger partial charge in [-0.2, -0.15) is 4.57 Å². The lowest BCUT2D eigenvalue weighted by Gasteiger charge is -2.08. The lowest BCUT2D eigenvalue weighted by Crippen LogP contribution is -2.30. The zero-order valence-electron chi connectivity index (χ0n) is 8.97. The van der Waals surface area contributed by atoms with Gasteiger partial charge in [0.15, 0.2) is 0 Å². The van der Waals surface area contributed by atoms with Crippen molar-refractivity contribution >= 4 is 21.8 Å². The van der Waals surface area contributed by atoms with Crippen LogP contribution in [0.3, 0.4) is 0 Å². The fourth-order valence-corrected chi connectivity index (χ4v) is 2.22. The van der Waals surface area contributed by atoms with E-state index in [0.717, 1.165) is 21.8 Å². The number of hydrogen-bond donors (Lipinski definition) is 0. The highest BCUT2D eigenvalue weighted by Crippen LogP contribution is 2.22. The third-order valence-corrected chi connectivity index (χ3v) is 2.97. The molecule has 0 fully saturated rings. The molecule has 0 spiro atoms. The van der Waals surface area contributed by atoms with Gasteiger partial charge in [0.25, 0.3) is 0 Å². The van der Waals surface area contributed by atoms with Crippen molar-refractivity contribution in [1.82, 2.24) is 0 Å². The van der Waals surface area contributed by atoms with E-state index in [-0.39, 0.29) is 5.75 Å². The second-order valence-electron chi connectivity index (χ2n) is 3.96. The standard InChI is InChI=1S/C14H11NO/c1-15-12-7-3-2-5-10(12)9-11-6-4-8-13(16)14(11)15/h2-9H,1H3. The van der Waals surface area contributed by atoms with Gasteiger partial charge in [-0.05, 0) is 23.9 Å². The summed E-state index contributed by atoms with van der Waals surface area (Å²) in [6, 6.07) is 15.5. The summed E-state index contributed by atoms with van der Waals surface area (Å²) in [6.07, 6.45) is 0. The molecule has 0 radical (unpaired) electrons. The van der Waals surface area contributed by atoms with Gasteiger partial charge in [-0.25, -0.2) is 0 Å². The molecule has 2 aromatic carbocycles. The zero-order valence-corrected chi connectivity index (χ0v) is 8.97. The summed E-state index contributed by atoms with van der Waals surface area (Å²) in [4.78, 5) is 0. The van der Waals surface area contributed by atoms with Crippen LogP contribution in [0.1, 0.15) is 0 Å². The Morgan fingerprint density at radius 1 is 0.938 bits per heavy atom. The first kappa shape index (κ1) is 9.16. The summed E-state index contributed by atoms with van der Waals surface area (Å²) in [5.74, 6) is 0.0748. The van der Waals surface area contributed by atoms with Gasteiger partial charge in [-0.3, -0.25) is 0 Å². The normalized spacial score (nSPS) is 11.1. The Hall–Kier alpha value is -2.09. The molecule has 2 nitrogen and oxygen atoms in total. The molecule has 0 unspecified atom stereocenters. The van der Waals surface area contributed by atoms with Crippen molar-refractivity contribution in [1.29, 1.82) is 0 Å². The number of para-hydroxylation sites is 2. The van der Waals surface area contributed by atoms with Gasteiger partial charge < -0.3 is 5.11 Å². The van der Waals surface area contributed by atoms with Gasteiger partial charge in [-0.15, -0.1) is 0 Å². The Kier molecular flexibility index (Phi) is 1.83. The van der Waals surface area contributed by atoms with Crippen molar-refractivity contribution in [2.75, 3.05) is 0 Å². The lowest BCUT2D eigenvalue weighted by atomic mass is 10.1. The highest BCUT2D eigenvalue weighted by Gasteiger charge is 2.10. The number of rotatable bonds is 0. The quantitative estimate of drug-likeness (QED) is 0.410. The van der Waals surface area contributed by atoms with Gasteiger partial charge >= 0.3 is 0 Å². The molecule has 0 aliphatic heterocycles. The average molecular weight is 209 g/mol. The minimum atomic E-state index is 0.0748. The van der Waals surface area contributed by atoms with Crippen LogP contribution in [0.2, 0.25) is 0 Å². The van der Waals surface area contributed by atoms with E-state index in [9.17, 15) is 5.11 Å². The van der Waals surface area contributed by atoms with Gasteiger partial charge in [0.2, 0.25) is 11.0 Å². The number of aryl methyl sites for hydroxylation is 1. The number of pyridine rings is 1. The van der Waals surface area contributed by atoms with Crippen molar-refractivity contribution in [3.63, 3.8) is 0 Å². The van der Waals surface area contributed by atoms with Gasteiger partial charge in [0.05, 0.1) is 0 Å². The molecule has 0 amide bonds. The van der Waals surface area contributed by atoms with E-state index in [4.69, 9.17) is 0 Å². The van der Waals surface area contributed by atoms with Gasteiger partial charge in [0.1, 0.15) is 7.05 Å². The SMILES string of the molecule is C[n+]1c2ccccc2cc2cccc([O-])c21. The number of hydrogen-bond acceptors (Lipinski definition) is 1. The molecule has 0 atom stereocenters. The smallest absolute Gasteiger partial charge is 0.212 e. The first-order valence-electron chi connectivity index (χ1n) is 5.25. The first-order valence-corrected chi connectivity index (χ1v) is 5.25. The van der Waals surface area contributed by atoms with Crippen LogP contribution in [-0.4, -0.2) is 0 Å².